The average Bonchev–Trinajstić information content (AvgIpc) is 2.51. The first-order chi connectivity index (χ1) is 11.5. The molecule has 4 nitrogen and oxygen atoms in total. The molecule has 1 fully saturated rings. The number of benzene rings is 2. The molecule has 0 bridgehead atoms. The minimum atomic E-state index is -0.731. The number of thioether (sulfide) groups is 1. The molecule has 0 unspecified atom stereocenters. The van der Waals surface area contributed by atoms with Gasteiger partial charge in [0.05, 0.1) is 6.42 Å². The molecule has 0 heterocycles. The van der Waals surface area contributed by atoms with Crippen molar-refractivity contribution in [3.63, 3.8) is 0 Å². The number of nitrogens with two attached hydrogens (primary N) is 1. The maximum atomic E-state index is 11.6. The molecule has 0 spiro atoms. The lowest BCUT2D eigenvalue weighted by molar-refractivity contribution is -0.142. The Bertz CT molecular complexity index is 766. The summed E-state index contributed by atoms with van der Waals surface area (Å²) >= 11 is 1.45. The molecule has 3 rings (SSSR count). The zero-order valence-corrected chi connectivity index (χ0v) is 14.0. The van der Waals surface area contributed by atoms with Crippen LogP contribution in [0.1, 0.15) is 24.8 Å². The van der Waals surface area contributed by atoms with Crippen LogP contribution in [0.5, 0.6) is 0 Å². The minimum Gasteiger partial charge on any atom is -0.480 e. The number of primary amides is 1. The number of carboxylic acids is 1. The first kappa shape index (κ1) is 16.6. The molecule has 1 saturated carbocycles. The lowest BCUT2D eigenvalue weighted by Crippen LogP contribution is -2.41. The Kier molecular flexibility index (Phi) is 4.62. The van der Waals surface area contributed by atoms with E-state index in [9.17, 15) is 14.7 Å². The van der Waals surface area contributed by atoms with Gasteiger partial charge in [-0.2, -0.15) is 0 Å². The lowest BCUT2D eigenvalue weighted by Gasteiger charge is -2.37. The van der Waals surface area contributed by atoms with Crippen LogP contribution in [0, 0.1) is 0 Å². The van der Waals surface area contributed by atoms with Crippen molar-refractivity contribution < 1.29 is 14.7 Å². The van der Waals surface area contributed by atoms with Crippen LogP contribution in [-0.4, -0.2) is 21.7 Å². The third-order valence-electron chi connectivity index (χ3n) is 4.39. The zero-order valence-electron chi connectivity index (χ0n) is 13.2. The van der Waals surface area contributed by atoms with Gasteiger partial charge in [-0.15, -0.1) is 11.8 Å². The second-order valence-electron chi connectivity index (χ2n) is 6.09. The molecule has 0 atom stereocenters. The summed E-state index contributed by atoms with van der Waals surface area (Å²) in [7, 11) is 0. The second-order valence-corrected chi connectivity index (χ2v) is 7.52. The van der Waals surface area contributed by atoms with E-state index in [0.717, 1.165) is 28.0 Å². The van der Waals surface area contributed by atoms with E-state index in [1.807, 2.05) is 48.5 Å². The van der Waals surface area contributed by atoms with Crippen molar-refractivity contribution in [2.45, 2.75) is 35.3 Å². The lowest BCUT2D eigenvalue weighted by atomic mass is 9.84. The van der Waals surface area contributed by atoms with Crippen molar-refractivity contribution >= 4 is 23.6 Å². The maximum absolute atomic E-state index is 11.6. The fraction of sp³-hybridized carbons (Fsp3) is 0.263. The van der Waals surface area contributed by atoms with Crippen molar-refractivity contribution in [2.24, 2.45) is 5.73 Å². The van der Waals surface area contributed by atoms with E-state index < -0.39 is 10.7 Å². The van der Waals surface area contributed by atoms with Crippen LogP contribution in [0.3, 0.4) is 0 Å². The maximum Gasteiger partial charge on any atom is 0.320 e. The van der Waals surface area contributed by atoms with E-state index in [2.05, 4.69) is 0 Å². The minimum absolute atomic E-state index is 0.221. The number of aliphatic carboxylic acids is 1. The van der Waals surface area contributed by atoms with Gasteiger partial charge in [0.2, 0.25) is 5.91 Å². The molecule has 3 N–H and O–H groups in total. The average molecular weight is 341 g/mol. The highest BCUT2D eigenvalue weighted by molar-refractivity contribution is 8.01. The molecule has 124 valence electrons. The molecule has 0 saturated heterocycles. The molecule has 1 aliphatic carbocycles. The van der Waals surface area contributed by atoms with Crippen LogP contribution in [0.2, 0.25) is 0 Å². The van der Waals surface area contributed by atoms with Crippen LogP contribution < -0.4 is 5.73 Å². The van der Waals surface area contributed by atoms with E-state index in [4.69, 9.17) is 5.73 Å². The van der Waals surface area contributed by atoms with Gasteiger partial charge in [0, 0.05) is 4.90 Å². The zero-order chi connectivity index (χ0) is 17.2. The highest BCUT2D eigenvalue weighted by atomic mass is 32.2. The third kappa shape index (κ3) is 3.31. The monoisotopic (exact) mass is 341 g/mol. The molecule has 1 amide bonds. The number of hydrogen-bond donors (Lipinski definition) is 2. The van der Waals surface area contributed by atoms with Gasteiger partial charge in [-0.05, 0) is 42.0 Å². The fourth-order valence-electron chi connectivity index (χ4n) is 2.87. The SMILES string of the molecule is NC(=O)Cc1ccc(-c2ccccc2SC2(C(=O)O)CCC2)cc1. The van der Waals surface area contributed by atoms with E-state index in [-0.39, 0.29) is 12.3 Å². The smallest absolute Gasteiger partial charge is 0.320 e. The number of carboxylic acid groups (broad SMARTS) is 1. The molecular formula is C19H19NO3S. The summed E-state index contributed by atoms with van der Waals surface area (Å²) in [5.74, 6) is -1.09. The molecular weight excluding hydrogens is 322 g/mol. The first-order valence-electron chi connectivity index (χ1n) is 7.89. The van der Waals surface area contributed by atoms with Gasteiger partial charge in [0.1, 0.15) is 4.75 Å². The van der Waals surface area contributed by atoms with E-state index in [1.54, 1.807) is 0 Å². The predicted molar refractivity (Wildman–Crippen MR) is 94.9 cm³/mol. The normalized spacial score (nSPS) is 15.5. The summed E-state index contributed by atoms with van der Waals surface area (Å²) in [6, 6.07) is 15.5. The highest BCUT2D eigenvalue weighted by Crippen LogP contribution is 2.49. The van der Waals surface area contributed by atoms with Gasteiger partial charge < -0.3 is 10.8 Å². The molecule has 0 aromatic heterocycles. The van der Waals surface area contributed by atoms with Gasteiger partial charge in [-0.3, -0.25) is 9.59 Å². The third-order valence-corrected chi connectivity index (χ3v) is 5.94. The van der Waals surface area contributed by atoms with Gasteiger partial charge in [-0.1, -0.05) is 42.5 Å². The van der Waals surface area contributed by atoms with E-state index in [1.165, 1.54) is 11.8 Å². The van der Waals surface area contributed by atoms with Gasteiger partial charge in [-0.25, -0.2) is 0 Å². The summed E-state index contributed by atoms with van der Waals surface area (Å²) in [6.45, 7) is 0. The molecule has 2 aromatic rings. The Morgan fingerprint density at radius 2 is 1.75 bits per heavy atom. The summed E-state index contributed by atoms with van der Waals surface area (Å²) in [5, 5.41) is 9.56. The largest absolute Gasteiger partial charge is 0.480 e. The molecule has 5 heteroatoms. The van der Waals surface area contributed by atoms with Crippen molar-refractivity contribution in [3.8, 4) is 11.1 Å². The number of carbonyl (C=O) groups is 2. The topological polar surface area (TPSA) is 80.4 Å². The van der Waals surface area contributed by atoms with Gasteiger partial charge in [0.15, 0.2) is 0 Å². The summed E-state index contributed by atoms with van der Waals surface area (Å²) in [4.78, 5) is 23.6. The van der Waals surface area contributed by atoms with E-state index in [0.29, 0.717) is 12.8 Å². The number of amides is 1. The van der Waals surface area contributed by atoms with Crippen LogP contribution in [-0.2, 0) is 16.0 Å². The summed E-state index contributed by atoms with van der Waals surface area (Å²) in [6.07, 6.45) is 2.60. The van der Waals surface area contributed by atoms with Crippen LogP contribution in [0.25, 0.3) is 11.1 Å². The molecule has 2 aromatic carbocycles. The molecule has 24 heavy (non-hydrogen) atoms. The molecule has 0 radical (unpaired) electrons. The number of rotatable bonds is 6. The van der Waals surface area contributed by atoms with Crippen molar-refractivity contribution in [1.82, 2.24) is 0 Å². The quantitative estimate of drug-likeness (QED) is 0.843. The van der Waals surface area contributed by atoms with Gasteiger partial charge >= 0.3 is 5.97 Å². The predicted octanol–water partition coefficient (Wildman–Crippen LogP) is 3.48. The standard InChI is InChI=1S/C19H19NO3S/c20-17(21)12-13-6-8-14(9-7-13)15-4-1-2-5-16(15)24-19(18(22)23)10-3-11-19/h1-2,4-9H,3,10-12H2,(H2,20,21)(H,22,23). The Balaban J connectivity index is 1.89. The van der Waals surface area contributed by atoms with Crippen molar-refractivity contribution in [2.75, 3.05) is 0 Å². The van der Waals surface area contributed by atoms with Crippen LogP contribution >= 0.6 is 11.8 Å². The number of carbonyl (C=O) groups excluding carboxylic acids is 1. The molecule has 0 aliphatic heterocycles. The molecule has 1 aliphatic rings. The first-order valence-corrected chi connectivity index (χ1v) is 8.71. The van der Waals surface area contributed by atoms with Crippen molar-refractivity contribution in [1.29, 1.82) is 0 Å². The Morgan fingerprint density at radius 3 is 2.29 bits per heavy atom. The summed E-state index contributed by atoms with van der Waals surface area (Å²) < 4.78 is -0.692. The Hall–Kier alpha value is -2.27. The Morgan fingerprint density at radius 1 is 1.08 bits per heavy atom. The van der Waals surface area contributed by atoms with Gasteiger partial charge in [0.25, 0.3) is 0 Å². The second kappa shape index (κ2) is 6.69. The van der Waals surface area contributed by atoms with Crippen molar-refractivity contribution in [3.05, 3.63) is 54.1 Å². The summed E-state index contributed by atoms with van der Waals surface area (Å²) in [5.41, 5.74) is 8.11. The van der Waals surface area contributed by atoms with Crippen LogP contribution in [0.15, 0.2) is 53.4 Å². The fourth-order valence-corrected chi connectivity index (χ4v) is 4.31. The van der Waals surface area contributed by atoms with E-state index >= 15 is 0 Å². The Labute approximate surface area is 145 Å². The number of hydrogen-bond acceptors (Lipinski definition) is 3. The highest BCUT2D eigenvalue weighted by Gasteiger charge is 2.45. The van der Waals surface area contributed by atoms with Crippen LogP contribution in [0.4, 0.5) is 0 Å².